The van der Waals surface area contributed by atoms with Gasteiger partial charge in [0.1, 0.15) is 13.2 Å². The lowest BCUT2D eigenvalue weighted by Gasteiger charge is -2.20. The van der Waals surface area contributed by atoms with E-state index in [1.165, 1.54) is 6.07 Å². The summed E-state index contributed by atoms with van der Waals surface area (Å²) in [6.07, 6.45) is 3.86. The zero-order chi connectivity index (χ0) is 20.3. The lowest BCUT2D eigenvalue weighted by atomic mass is 10.1. The van der Waals surface area contributed by atoms with E-state index >= 15 is 0 Å². The molecule has 0 unspecified atom stereocenters. The van der Waals surface area contributed by atoms with E-state index in [0.29, 0.717) is 49.1 Å². The minimum atomic E-state index is -3.57. The van der Waals surface area contributed by atoms with Crippen LogP contribution in [-0.4, -0.2) is 44.9 Å². The Morgan fingerprint density at radius 3 is 2.38 bits per heavy atom. The van der Waals surface area contributed by atoms with Gasteiger partial charge in [0.15, 0.2) is 11.5 Å². The van der Waals surface area contributed by atoms with Crippen LogP contribution in [0.3, 0.4) is 0 Å². The van der Waals surface area contributed by atoms with Gasteiger partial charge in [-0.3, -0.25) is 4.79 Å². The Labute approximate surface area is 170 Å². The molecule has 4 rings (SSSR count). The zero-order valence-corrected chi connectivity index (χ0v) is 16.9. The van der Waals surface area contributed by atoms with Crippen LogP contribution in [0.1, 0.15) is 36.0 Å². The van der Waals surface area contributed by atoms with Crippen LogP contribution in [0.5, 0.6) is 11.5 Å². The number of hydrogen-bond acceptors (Lipinski definition) is 5. The van der Waals surface area contributed by atoms with Crippen molar-refractivity contribution in [1.82, 2.24) is 4.31 Å². The largest absolute Gasteiger partial charge is 0.486 e. The average Bonchev–Trinajstić information content (AvgIpc) is 3.04. The van der Waals surface area contributed by atoms with Crippen LogP contribution in [0, 0.1) is 0 Å². The maximum Gasteiger partial charge on any atom is 0.255 e. The SMILES string of the molecule is O=C(Nc1cccc(S(=O)(=O)N2CCCCCC2)c1)c1ccc2c(c1)OCCO2. The number of amides is 1. The van der Waals surface area contributed by atoms with Crippen molar-refractivity contribution in [2.75, 3.05) is 31.6 Å². The molecule has 0 aromatic heterocycles. The summed E-state index contributed by atoms with van der Waals surface area (Å²) in [5.41, 5.74) is 0.843. The molecule has 2 aliphatic rings. The average molecular weight is 416 g/mol. The summed E-state index contributed by atoms with van der Waals surface area (Å²) in [6.45, 7) is 2.00. The highest BCUT2D eigenvalue weighted by molar-refractivity contribution is 7.89. The molecule has 1 N–H and O–H groups in total. The number of hydrogen-bond donors (Lipinski definition) is 1. The third-order valence-corrected chi connectivity index (χ3v) is 6.99. The van der Waals surface area contributed by atoms with Crippen LogP contribution in [0.4, 0.5) is 5.69 Å². The molecule has 0 spiro atoms. The van der Waals surface area contributed by atoms with Gasteiger partial charge in [-0.1, -0.05) is 18.9 Å². The number of nitrogens with zero attached hydrogens (tertiary/aromatic N) is 1. The standard InChI is InChI=1S/C21H24N2O5S/c24-21(16-8-9-19-20(14-16)28-13-12-27-19)22-17-6-5-7-18(15-17)29(25,26)23-10-3-1-2-4-11-23/h5-9,14-15H,1-4,10-13H2,(H,22,24). The molecule has 0 saturated carbocycles. The second-order valence-corrected chi connectivity index (χ2v) is 9.10. The second kappa shape index (κ2) is 8.42. The molecule has 7 nitrogen and oxygen atoms in total. The van der Waals surface area contributed by atoms with E-state index in [0.717, 1.165) is 25.7 Å². The van der Waals surface area contributed by atoms with Gasteiger partial charge in [0.2, 0.25) is 10.0 Å². The predicted molar refractivity (Wildman–Crippen MR) is 109 cm³/mol. The van der Waals surface area contributed by atoms with Crippen molar-refractivity contribution in [3.63, 3.8) is 0 Å². The molecular formula is C21H24N2O5S. The van der Waals surface area contributed by atoms with Crippen molar-refractivity contribution < 1.29 is 22.7 Å². The van der Waals surface area contributed by atoms with Gasteiger partial charge in [0.05, 0.1) is 4.90 Å². The fraction of sp³-hybridized carbons (Fsp3) is 0.381. The van der Waals surface area contributed by atoms with Crippen LogP contribution >= 0.6 is 0 Å². The van der Waals surface area contributed by atoms with E-state index in [1.54, 1.807) is 40.7 Å². The first kappa shape index (κ1) is 19.7. The summed E-state index contributed by atoms with van der Waals surface area (Å²) >= 11 is 0. The van der Waals surface area contributed by atoms with Crippen molar-refractivity contribution >= 4 is 21.6 Å². The van der Waals surface area contributed by atoms with Crippen LogP contribution in [0.15, 0.2) is 47.4 Å². The van der Waals surface area contributed by atoms with Crippen LogP contribution in [0.2, 0.25) is 0 Å². The minimum Gasteiger partial charge on any atom is -0.486 e. The van der Waals surface area contributed by atoms with E-state index in [9.17, 15) is 13.2 Å². The van der Waals surface area contributed by atoms with Gasteiger partial charge in [-0.25, -0.2) is 8.42 Å². The molecule has 0 radical (unpaired) electrons. The number of sulfonamides is 1. The molecule has 0 bridgehead atoms. The molecular weight excluding hydrogens is 392 g/mol. The summed E-state index contributed by atoms with van der Waals surface area (Å²) in [5.74, 6) is 0.797. The summed E-state index contributed by atoms with van der Waals surface area (Å²) in [4.78, 5) is 12.8. The Kier molecular flexibility index (Phi) is 5.73. The van der Waals surface area contributed by atoms with Crippen LogP contribution < -0.4 is 14.8 Å². The quantitative estimate of drug-likeness (QED) is 0.827. The van der Waals surface area contributed by atoms with Gasteiger partial charge >= 0.3 is 0 Å². The van der Waals surface area contributed by atoms with E-state index in [4.69, 9.17) is 9.47 Å². The lowest BCUT2D eigenvalue weighted by molar-refractivity contribution is 0.102. The number of ether oxygens (including phenoxy) is 2. The van der Waals surface area contributed by atoms with Crippen molar-refractivity contribution in [1.29, 1.82) is 0 Å². The number of anilines is 1. The highest BCUT2D eigenvalue weighted by Gasteiger charge is 2.25. The van der Waals surface area contributed by atoms with Crippen molar-refractivity contribution in [3.8, 4) is 11.5 Å². The van der Waals surface area contributed by atoms with Gasteiger partial charge in [0.25, 0.3) is 5.91 Å². The number of rotatable bonds is 4. The number of carbonyl (C=O) groups excluding carboxylic acids is 1. The van der Waals surface area contributed by atoms with E-state index < -0.39 is 10.0 Å². The summed E-state index contributed by atoms with van der Waals surface area (Å²) in [6, 6.07) is 11.4. The van der Waals surface area contributed by atoms with Crippen molar-refractivity contribution in [2.24, 2.45) is 0 Å². The second-order valence-electron chi connectivity index (χ2n) is 7.16. The van der Waals surface area contributed by atoms with Gasteiger partial charge < -0.3 is 14.8 Å². The molecule has 2 aliphatic heterocycles. The molecule has 2 aromatic rings. The van der Waals surface area contributed by atoms with E-state index in [-0.39, 0.29) is 10.8 Å². The highest BCUT2D eigenvalue weighted by atomic mass is 32.2. The van der Waals surface area contributed by atoms with Gasteiger partial charge in [-0.05, 0) is 49.2 Å². The molecule has 154 valence electrons. The third kappa shape index (κ3) is 4.38. The van der Waals surface area contributed by atoms with Crippen molar-refractivity contribution in [3.05, 3.63) is 48.0 Å². The zero-order valence-electron chi connectivity index (χ0n) is 16.1. The van der Waals surface area contributed by atoms with Gasteiger partial charge in [0, 0.05) is 24.3 Å². The summed E-state index contributed by atoms with van der Waals surface area (Å²) in [7, 11) is -3.57. The molecule has 2 aromatic carbocycles. The highest BCUT2D eigenvalue weighted by Crippen LogP contribution is 2.31. The van der Waals surface area contributed by atoms with Crippen LogP contribution in [0.25, 0.3) is 0 Å². The Balaban J connectivity index is 1.52. The molecule has 8 heteroatoms. The Morgan fingerprint density at radius 2 is 1.62 bits per heavy atom. The van der Waals surface area contributed by atoms with E-state index in [1.807, 2.05) is 0 Å². The molecule has 1 fully saturated rings. The monoisotopic (exact) mass is 416 g/mol. The van der Waals surface area contributed by atoms with Gasteiger partial charge in [-0.15, -0.1) is 0 Å². The number of benzene rings is 2. The fourth-order valence-electron chi connectivity index (χ4n) is 3.55. The molecule has 29 heavy (non-hydrogen) atoms. The predicted octanol–water partition coefficient (Wildman–Crippen LogP) is 3.27. The first-order valence-electron chi connectivity index (χ1n) is 9.85. The molecule has 1 amide bonds. The molecule has 0 atom stereocenters. The van der Waals surface area contributed by atoms with E-state index in [2.05, 4.69) is 5.32 Å². The normalized spacial score (nSPS) is 17.4. The smallest absolute Gasteiger partial charge is 0.255 e. The summed E-state index contributed by atoms with van der Waals surface area (Å²) < 4.78 is 38.5. The maximum atomic E-state index is 13.0. The van der Waals surface area contributed by atoms with Crippen LogP contribution in [-0.2, 0) is 10.0 Å². The topological polar surface area (TPSA) is 84.9 Å². The first-order valence-corrected chi connectivity index (χ1v) is 11.3. The summed E-state index contributed by atoms with van der Waals surface area (Å²) in [5, 5.41) is 2.77. The lowest BCUT2D eigenvalue weighted by Crippen LogP contribution is -2.32. The Bertz CT molecular complexity index is 998. The third-order valence-electron chi connectivity index (χ3n) is 5.10. The number of fused-ring (bicyclic) bond motifs is 1. The minimum absolute atomic E-state index is 0.194. The Morgan fingerprint density at radius 1 is 0.897 bits per heavy atom. The van der Waals surface area contributed by atoms with Crippen molar-refractivity contribution in [2.45, 2.75) is 30.6 Å². The molecule has 1 saturated heterocycles. The Hall–Kier alpha value is -2.58. The number of nitrogens with one attached hydrogen (secondary N) is 1. The molecule has 0 aliphatic carbocycles. The first-order chi connectivity index (χ1) is 14.0. The molecule has 2 heterocycles. The van der Waals surface area contributed by atoms with Gasteiger partial charge in [-0.2, -0.15) is 4.31 Å². The fourth-order valence-corrected chi connectivity index (χ4v) is 5.12. The number of carbonyl (C=O) groups is 1. The maximum absolute atomic E-state index is 13.0.